The summed E-state index contributed by atoms with van der Waals surface area (Å²) in [5.41, 5.74) is 0.678. The van der Waals surface area contributed by atoms with Gasteiger partial charge in [0.05, 0.1) is 6.16 Å². The maximum absolute atomic E-state index is 11.7. The minimum absolute atomic E-state index is 0.0457. The monoisotopic (exact) mass is 256 g/mol. The molecule has 0 radical (unpaired) electrons. The Morgan fingerprint density at radius 2 is 1.76 bits per heavy atom. The van der Waals surface area contributed by atoms with Gasteiger partial charge in [0.15, 0.2) is 5.78 Å². The van der Waals surface area contributed by atoms with Crippen molar-refractivity contribution in [2.24, 2.45) is 0 Å². The molecule has 0 unspecified atom stereocenters. The number of benzene rings is 1. The van der Waals surface area contributed by atoms with Gasteiger partial charge < -0.3 is 9.05 Å². The van der Waals surface area contributed by atoms with Crippen LogP contribution in [0.5, 0.6) is 0 Å². The largest absolute Gasteiger partial charge is 0.330 e. The lowest BCUT2D eigenvalue weighted by Gasteiger charge is -2.12. The second-order valence-corrected chi connectivity index (χ2v) is 5.99. The Bertz CT molecular complexity index is 394. The molecule has 0 atom stereocenters. The molecule has 0 heterocycles. The van der Waals surface area contributed by atoms with E-state index in [0.29, 0.717) is 18.4 Å². The van der Waals surface area contributed by atoms with Gasteiger partial charge >= 0.3 is 7.60 Å². The third kappa shape index (κ3) is 4.43. The smallest absolute Gasteiger partial charge is 0.312 e. The van der Waals surface area contributed by atoms with Gasteiger partial charge in [-0.05, 0) is 6.42 Å². The van der Waals surface area contributed by atoms with Crippen LogP contribution in [-0.2, 0) is 13.6 Å². The van der Waals surface area contributed by atoms with Crippen LogP contribution < -0.4 is 0 Å². The maximum atomic E-state index is 11.7. The highest BCUT2D eigenvalue weighted by atomic mass is 31.2. The lowest BCUT2D eigenvalue weighted by atomic mass is 10.1. The summed E-state index contributed by atoms with van der Waals surface area (Å²) in [5.74, 6) is 0.0457. The number of hydrogen-bond acceptors (Lipinski definition) is 4. The van der Waals surface area contributed by atoms with Crippen molar-refractivity contribution in [3.05, 3.63) is 35.9 Å². The van der Waals surface area contributed by atoms with Crippen LogP contribution >= 0.6 is 7.60 Å². The van der Waals surface area contributed by atoms with Crippen molar-refractivity contribution in [1.82, 2.24) is 0 Å². The zero-order valence-corrected chi connectivity index (χ0v) is 11.0. The van der Waals surface area contributed by atoms with Gasteiger partial charge in [0.1, 0.15) is 0 Å². The van der Waals surface area contributed by atoms with Gasteiger partial charge in [-0.3, -0.25) is 9.36 Å². The molecule has 94 valence electrons. The van der Waals surface area contributed by atoms with Gasteiger partial charge in [-0.2, -0.15) is 0 Å². The Morgan fingerprint density at radius 1 is 1.18 bits per heavy atom. The molecule has 0 N–H and O–H groups in total. The molecule has 0 aliphatic carbocycles. The van der Waals surface area contributed by atoms with Crippen molar-refractivity contribution in [3.63, 3.8) is 0 Å². The minimum atomic E-state index is -2.98. The molecular weight excluding hydrogens is 239 g/mol. The summed E-state index contributed by atoms with van der Waals surface area (Å²) < 4.78 is 21.3. The van der Waals surface area contributed by atoms with Gasteiger partial charge in [-0.1, -0.05) is 30.3 Å². The highest BCUT2D eigenvalue weighted by Gasteiger charge is 2.20. The number of carbonyl (C=O) groups excluding carboxylic acids is 1. The van der Waals surface area contributed by atoms with Crippen LogP contribution in [0.4, 0.5) is 0 Å². The van der Waals surface area contributed by atoms with E-state index in [1.165, 1.54) is 14.2 Å². The number of Topliss-reactive ketones (excluding diaryl/α,β-unsaturated/α-hetero) is 1. The Morgan fingerprint density at radius 3 is 2.29 bits per heavy atom. The molecule has 0 saturated heterocycles. The van der Waals surface area contributed by atoms with Gasteiger partial charge in [0.2, 0.25) is 0 Å². The van der Waals surface area contributed by atoms with E-state index in [1.54, 1.807) is 12.1 Å². The van der Waals surface area contributed by atoms with E-state index in [2.05, 4.69) is 0 Å². The molecule has 0 aliphatic rings. The van der Waals surface area contributed by atoms with Crippen molar-refractivity contribution in [2.45, 2.75) is 12.8 Å². The normalized spacial score (nSPS) is 11.4. The fraction of sp³-hybridized carbons (Fsp3) is 0.417. The maximum Gasteiger partial charge on any atom is 0.330 e. The van der Waals surface area contributed by atoms with Crippen molar-refractivity contribution < 1.29 is 18.4 Å². The summed E-state index contributed by atoms with van der Waals surface area (Å²) in [6.45, 7) is 0. The zero-order valence-electron chi connectivity index (χ0n) is 10.1. The van der Waals surface area contributed by atoms with E-state index in [9.17, 15) is 9.36 Å². The van der Waals surface area contributed by atoms with Crippen LogP contribution in [0, 0.1) is 0 Å². The van der Waals surface area contributed by atoms with E-state index >= 15 is 0 Å². The molecule has 1 rings (SSSR count). The third-order valence-corrected chi connectivity index (χ3v) is 4.46. The summed E-state index contributed by atoms with van der Waals surface area (Å²) in [5, 5.41) is 0. The highest BCUT2D eigenvalue weighted by molar-refractivity contribution is 7.53. The molecule has 0 aliphatic heterocycles. The first kappa shape index (κ1) is 14.1. The summed E-state index contributed by atoms with van der Waals surface area (Å²) in [4.78, 5) is 11.7. The van der Waals surface area contributed by atoms with E-state index < -0.39 is 7.60 Å². The molecule has 17 heavy (non-hydrogen) atoms. The number of rotatable bonds is 7. The summed E-state index contributed by atoms with van der Waals surface area (Å²) >= 11 is 0. The molecule has 4 nitrogen and oxygen atoms in total. The Hall–Kier alpha value is -0.960. The van der Waals surface area contributed by atoms with E-state index in [-0.39, 0.29) is 11.9 Å². The molecule has 1 aromatic carbocycles. The Balaban J connectivity index is 2.42. The van der Waals surface area contributed by atoms with Crippen molar-refractivity contribution in [1.29, 1.82) is 0 Å². The Labute approximate surface area is 101 Å². The summed E-state index contributed by atoms with van der Waals surface area (Å²) in [6.07, 6.45) is 1.10. The summed E-state index contributed by atoms with van der Waals surface area (Å²) in [6, 6.07) is 9.05. The predicted octanol–water partition coefficient (Wildman–Crippen LogP) is 3.14. The number of carbonyl (C=O) groups is 1. The van der Waals surface area contributed by atoms with Crippen LogP contribution in [0.1, 0.15) is 23.2 Å². The van der Waals surface area contributed by atoms with Crippen molar-refractivity contribution >= 4 is 13.4 Å². The molecular formula is C12H17O4P. The van der Waals surface area contributed by atoms with E-state index in [4.69, 9.17) is 9.05 Å². The average Bonchev–Trinajstić information content (AvgIpc) is 2.39. The molecule has 0 bridgehead atoms. The number of hydrogen-bond donors (Lipinski definition) is 0. The van der Waals surface area contributed by atoms with Gasteiger partial charge in [-0.15, -0.1) is 0 Å². The zero-order chi connectivity index (χ0) is 12.7. The first-order valence-electron chi connectivity index (χ1n) is 5.40. The first-order chi connectivity index (χ1) is 8.11. The molecule has 0 saturated carbocycles. The van der Waals surface area contributed by atoms with Crippen LogP contribution in [0.15, 0.2) is 30.3 Å². The summed E-state index contributed by atoms with van der Waals surface area (Å²) in [7, 11) is -0.280. The number of ketones is 1. The highest BCUT2D eigenvalue weighted by Crippen LogP contribution is 2.46. The van der Waals surface area contributed by atoms with E-state index in [1.807, 2.05) is 18.2 Å². The average molecular weight is 256 g/mol. The van der Waals surface area contributed by atoms with Crippen LogP contribution in [0.3, 0.4) is 0 Å². The van der Waals surface area contributed by atoms with Crippen LogP contribution in [0.2, 0.25) is 0 Å². The minimum Gasteiger partial charge on any atom is -0.312 e. The van der Waals surface area contributed by atoms with Crippen LogP contribution in [0.25, 0.3) is 0 Å². The first-order valence-corrected chi connectivity index (χ1v) is 7.13. The lowest BCUT2D eigenvalue weighted by Crippen LogP contribution is -2.02. The molecule has 0 amide bonds. The topological polar surface area (TPSA) is 52.6 Å². The Kier molecular flexibility index (Phi) is 5.56. The third-order valence-electron chi connectivity index (χ3n) is 2.49. The quantitative estimate of drug-likeness (QED) is 0.555. The molecule has 5 heteroatoms. The molecule has 0 fully saturated rings. The fourth-order valence-electron chi connectivity index (χ4n) is 1.46. The second-order valence-electron chi connectivity index (χ2n) is 3.59. The predicted molar refractivity (Wildman–Crippen MR) is 66.5 cm³/mol. The molecule has 0 spiro atoms. The van der Waals surface area contributed by atoms with Gasteiger partial charge in [0, 0.05) is 26.2 Å². The van der Waals surface area contributed by atoms with Crippen LogP contribution in [-0.4, -0.2) is 26.2 Å². The standard InChI is InChI=1S/C12H17O4P/c1-15-17(14,16-2)10-6-9-12(13)11-7-4-3-5-8-11/h3-5,7-8H,6,9-10H2,1-2H3. The van der Waals surface area contributed by atoms with Crippen molar-refractivity contribution in [3.8, 4) is 0 Å². The van der Waals surface area contributed by atoms with Crippen molar-refractivity contribution in [2.75, 3.05) is 20.4 Å². The van der Waals surface area contributed by atoms with Gasteiger partial charge in [0.25, 0.3) is 0 Å². The lowest BCUT2D eigenvalue weighted by molar-refractivity contribution is 0.0981. The second kappa shape index (κ2) is 6.70. The van der Waals surface area contributed by atoms with E-state index in [0.717, 1.165) is 0 Å². The fourth-order valence-corrected chi connectivity index (χ4v) is 2.52. The molecule has 1 aromatic rings. The van der Waals surface area contributed by atoms with Gasteiger partial charge in [-0.25, -0.2) is 0 Å². The SMILES string of the molecule is COP(=O)(CCCC(=O)c1ccccc1)OC. The molecule has 0 aromatic heterocycles.